The lowest BCUT2D eigenvalue weighted by atomic mass is 10.1. The predicted octanol–water partition coefficient (Wildman–Crippen LogP) is 4.18. The maximum Gasteiger partial charge on any atom is 0.407 e. The SMILES string of the molecule is O=C(OCCCCCCCCO)SOc1ccccc1. The Labute approximate surface area is 124 Å². The van der Waals surface area contributed by atoms with Crippen molar-refractivity contribution in [2.24, 2.45) is 0 Å². The van der Waals surface area contributed by atoms with Gasteiger partial charge in [0.15, 0.2) is 12.0 Å². The van der Waals surface area contributed by atoms with Crippen LogP contribution in [0.2, 0.25) is 0 Å². The first-order valence-corrected chi connectivity index (χ1v) is 7.74. The quantitative estimate of drug-likeness (QED) is 0.399. The number of aliphatic hydroxyl groups is 1. The Morgan fingerprint density at radius 3 is 2.35 bits per heavy atom. The third-order valence-corrected chi connectivity index (χ3v) is 3.25. The van der Waals surface area contributed by atoms with Gasteiger partial charge in [0.1, 0.15) is 5.75 Å². The Kier molecular flexibility index (Phi) is 9.79. The maximum absolute atomic E-state index is 11.4. The number of benzene rings is 1. The molecule has 0 radical (unpaired) electrons. The molecule has 1 rings (SSSR count). The highest BCUT2D eigenvalue weighted by Gasteiger charge is 2.06. The van der Waals surface area contributed by atoms with Crippen LogP contribution in [0.1, 0.15) is 38.5 Å². The van der Waals surface area contributed by atoms with Crippen LogP contribution in [-0.4, -0.2) is 23.6 Å². The van der Waals surface area contributed by atoms with Gasteiger partial charge in [0.05, 0.1) is 6.61 Å². The highest BCUT2D eigenvalue weighted by atomic mass is 32.2. The van der Waals surface area contributed by atoms with Gasteiger partial charge in [0.2, 0.25) is 0 Å². The van der Waals surface area contributed by atoms with E-state index >= 15 is 0 Å². The zero-order valence-corrected chi connectivity index (χ0v) is 12.4. The number of ether oxygens (including phenoxy) is 1. The average molecular weight is 298 g/mol. The zero-order chi connectivity index (χ0) is 14.5. The molecule has 0 saturated carbocycles. The van der Waals surface area contributed by atoms with Crippen molar-refractivity contribution in [1.82, 2.24) is 0 Å². The minimum Gasteiger partial charge on any atom is -0.455 e. The van der Waals surface area contributed by atoms with Crippen LogP contribution in [0.15, 0.2) is 30.3 Å². The van der Waals surface area contributed by atoms with Gasteiger partial charge in [-0.05, 0) is 25.0 Å². The number of hydrogen-bond acceptors (Lipinski definition) is 5. The van der Waals surface area contributed by atoms with Gasteiger partial charge in [0, 0.05) is 6.61 Å². The summed E-state index contributed by atoms with van der Waals surface area (Å²) in [6, 6.07) is 9.14. The Balaban J connectivity index is 1.93. The molecule has 0 saturated heterocycles. The smallest absolute Gasteiger partial charge is 0.407 e. The fourth-order valence-electron chi connectivity index (χ4n) is 1.66. The topological polar surface area (TPSA) is 55.8 Å². The fourth-order valence-corrected chi connectivity index (χ4v) is 2.07. The van der Waals surface area contributed by atoms with E-state index in [4.69, 9.17) is 14.0 Å². The van der Waals surface area contributed by atoms with Gasteiger partial charge < -0.3 is 14.0 Å². The molecule has 1 aromatic rings. The number of carbonyl (C=O) groups is 1. The number of aliphatic hydroxyl groups excluding tert-OH is 1. The van der Waals surface area contributed by atoms with Crippen molar-refractivity contribution in [3.05, 3.63) is 30.3 Å². The number of unbranched alkanes of at least 4 members (excludes halogenated alkanes) is 5. The molecule has 112 valence electrons. The molecule has 0 fully saturated rings. The molecule has 0 spiro atoms. The van der Waals surface area contributed by atoms with Crippen molar-refractivity contribution < 1.29 is 18.8 Å². The first-order chi connectivity index (χ1) is 9.83. The summed E-state index contributed by atoms with van der Waals surface area (Å²) in [4.78, 5) is 11.4. The van der Waals surface area contributed by atoms with Gasteiger partial charge in [-0.25, -0.2) is 4.79 Å². The van der Waals surface area contributed by atoms with Gasteiger partial charge in [-0.2, -0.15) is 0 Å². The summed E-state index contributed by atoms with van der Waals surface area (Å²) in [5.74, 6) is 0.637. The third-order valence-electron chi connectivity index (χ3n) is 2.72. The van der Waals surface area contributed by atoms with E-state index < -0.39 is 5.30 Å². The second-order valence-corrected chi connectivity index (χ2v) is 5.09. The van der Waals surface area contributed by atoms with Gasteiger partial charge >= 0.3 is 5.30 Å². The number of hydrogen-bond donors (Lipinski definition) is 1. The number of rotatable bonds is 10. The molecule has 20 heavy (non-hydrogen) atoms. The van der Waals surface area contributed by atoms with Crippen molar-refractivity contribution >= 4 is 17.3 Å². The van der Waals surface area contributed by atoms with Crippen LogP contribution in [0.5, 0.6) is 5.75 Å². The standard InChI is InChI=1S/C15H22O4S/c16-12-8-3-1-2-4-9-13-18-15(17)20-19-14-10-6-5-7-11-14/h5-7,10-11,16H,1-4,8-9,12-13H2. The molecule has 0 aliphatic heterocycles. The van der Waals surface area contributed by atoms with E-state index in [2.05, 4.69) is 0 Å². The third kappa shape index (κ3) is 8.82. The van der Waals surface area contributed by atoms with E-state index in [0.717, 1.165) is 38.5 Å². The van der Waals surface area contributed by atoms with E-state index in [1.54, 1.807) is 12.1 Å². The zero-order valence-electron chi connectivity index (χ0n) is 11.6. The van der Waals surface area contributed by atoms with Crippen molar-refractivity contribution in [1.29, 1.82) is 0 Å². The normalized spacial score (nSPS) is 10.2. The van der Waals surface area contributed by atoms with E-state index in [0.29, 0.717) is 24.4 Å². The number of carbonyl (C=O) groups excluding carboxylic acids is 1. The summed E-state index contributed by atoms with van der Waals surface area (Å²) in [6.07, 6.45) is 6.10. The van der Waals surface area contributed by atoms with Crippen molar-refractivity contribution in [2.45, 2.75) is 38.5 Å². The van der Waals surface area contributed by atoms with Crippen LogP contribution in [0.3, 0.4) is 0 Å². The molecule has 0 aliphatic carbocycles. The van der Waals surface area contributed by atoms with E-state index in [1.165, 1.54) is 0 Å². The lowest BCUT2D eigenvalue weighted by molar-refractivity contribution is 0.171. The first kappa shape index (κ1) is 16.9. The minimum atomic E-state index is -0.408. The highest BCUT2D eigenvalue weighted by Crippen LogP contribution is 2.17. The monoisotopic (exact) mass is 298 g/mol. The Hall–Kier alpha value is -1.20. The van der Waals surface area contributed by atoms with Gasteiger partial charge in [-0.1, -0.05) is 43.9 Å². The second-order valence-electron chi connectivity index (χ2n) is 4.42. The largest absolute Gasteiger partial charge is 0.455 e. The van der Waals surface area contributed by atoms with Crippen LogP contribution < -0.4 is 4.18 Å². The van der Waals surface area contributed by atoms with Crippen LogP contribution in [-0.2, 0) is 4.74 Å². The van der Waals surface area contributed by atoms with Crippen LogP contribution in [0, 0.1) is 0 Å². The lowest BCUT2D eigenvalue weighted by Gasteiger charge is -2.05. The van der Waals surface area contributed by atoms with Crippen molar-refractivity contribution in [2.75, 3.05) is 13.2 Å². The fraction of sp³-hybridized carbons (Fsp3) is 0.533. The summed E-state index contributed by atoms with van der Waals surface area (Å²) < 4.78 is 10.3. The van der Waals surface area contributed by atoms with E-state index in [9.17, 15) is 4.79 Å². The molecule has 5 heteroatoms. The Morgan fingerprint density at radius 1 is 1.00 bits per heavy atom. The maximum atomic E-state index is 11.4. The highest BCUT2D eigenvalue weighted by molar-refractivity contribution is 8.09. The molecular formula is C15H22O4S. The van der Waals surface area contributed by atoms with Crippen LogP contribution in [0.25, 0.3) is 0 Å². The Bertz CT molecular complexity index is 356. The van der Waals surface area contributed by atoms with E-state index in [1.807, 2.05) is 18.2 Å². The molecule has 0 aliphatic rings. The van der Waals surface area contributed by atoms with Gasteiger partial charge in [-0.15, -0.1) is 0 Å². The summed E-state index contributed by atoms with van der Waals surface area (Å²) >= 11 is 0.716. The molecule has 1 N–H and O–H groups in total. The van der Waals surface area contributed by atoms with Crippen LogP contribution in [0.4, 0.5) is 4.79 Å². The summed E-state index contributed by atoms with van der Waals surface area (Å²) in [5, 5.41) is 8.22. The molecule has 0 aromatic heterocycles. The van der Waals surface area contributed by atoms with Gasteiger partial charge in [0.25, 0.3) is 0 Å². The molecule has 0 unspecified atom stereocenters. The Morgan fingerprint density at radius 2 is 1.65 bits per heavy atom. The second kappa shape index (κ2) is 11.6. The molecular weight excluding hydrogens is 276 g/mol. The molecule has 1 aromatic carbocycles. The van der Waals surface area contributed by atoms with Crippen molar-refractivity contribution in [3.8, 4) is 5.75 Å². The lowest BCUT2D eigenvalue weighted by Crippen LogP contribution is -2.01. The van der Waals surface area contributed by atoms with Crippen molar-refractivity contribution in [3.63, 3.8) is 0 Å². The minimum absolute atomic E-state index is 0.274. The summed E-state index contributed by atoms with van der Waals surface area (Å²) in [7, 11) is 0. The van der Waals surface area contributed by atoms with Crippen LogP contribution >= 0.6 is 12.0 Å². The predicted molar refractivity (Wildman–Crippen MR) is 80.8 cm³/mol. The number of para-hydroxylation sites is 1. The molecule has 0 bridgehead atoms. The summed E-state index contributed by atoms with van der Waals surface area (Å²) in [5.41, 5.74) is 0. The van der Waals surface area contributed by atoms with E-state index in [-0.39, 0.29) is 6.61 Å². The summed E-state index contributed by atoms with van der Waals surface area (Å²) in [6.45, 7) is 0.709. The average Bonchev–Trinajstić information content (AvgIpc) is 2.49. The molecule has 0 heterocycles. The van der Waals surface area contributed by atoms with Gasteiger partial charge in [-0.3, -0.25) is 0 Å². The molecule has 0 amide bonds. The first-order valence-electron chi connectivity index (χ1n) is 7.00. The molecule has 0 atom stereocenters. The molecule has 4 nitrogen and oxygen atoms in total.